The molecule has 5 nitrogen and oxygen atoms in total. The zero-order valence-electron chi connectivity index (χ0n) is 12.3. The zero-order chi connectivity index (χ0) is 14.7. The molecule has 106 valence electrons. The van der Waals surface area contributed by atoms with Gasteiger partial charge in [-0.2, -0.15) is 0 Å². The number of aryl methyl sites for hydroxylation is 2. The van der Waals surface area contributed by atoms with Crippen molar-refractivity contribution in [3.8, 4) is 0 Å². The van der Waals surface area contributed by atoms with E-state index < -0.39 is 0 Å². The van der Waals surface area contributed by atoms with Crippen LogP contribution in [0.1, 0.15) is 41.8 Å². The molecule has 0 aliphatic carbocycles. The lowest BCUT2D eigenvalue weighted by Crippen LogP contribution is -2.34. The molecule has 0 radical (unpaired) electrons. The van der Waals surface area contributed by atoms with Crippen molar-refractivity contribution in [2.24, 2.45) is 13.0 Å². The summed E-state index contributed by atoms with van der Waals surface area (Å²) in [7, 11) is 1.93. The molecule has 0 aliphatic heterocycles. The maximum Gasteiger partial charge on any atom is 0.270 e. The van der Waals surface area contributed by atoms with Gasteiger partial charge in [0.05, 0.1) is 6.04 Å². The number of carbonyl (C=O) groups excluding carboxylic acids is 1. The Hall–Kier alpha value is -2.17. The molecule has 2 aromatic heterocycles. The maximum atomic E-state index is 12.4. The summed E-state index contributed by atoms with van der Waals surface area (Å²) in [6.45, 7) is 6.00. The Kier molecular flexibility index (Phi) is 4.17. The molecule has 0 saturated carbocycles. The Morgan fingerprint density at radius 3 is 2.60 bits per heavy atom. The highest BCUT2D eigenvalue weighted by Crippen LogP contribution is 2.20. The molecule has 1 N–H and O–H groups in total. The van der Waals surface area contributed by atoms with Crippen LogP contribution in [-0.4, -0.2) is 20.4 Å². The van der Waals surface area contributed by atoms with Crippen molar-refractivity contribution in [1.29, 1.82) is 0 Å². The van der Waals surface area contributed by atoms with Crippen molar-refractivity contribution in [1.82, 2.24) is 19.9 Å². The summed E-state index contributed by atoms with van der Waals surface area (Å²) in [5.41, 5.74) is 1.33. The van der Waals surface area contributed by atoms with Crippen LogP contribution in [0.15, 0.2) is 30.7 Å². The Bertz CT molecular complexity index is 603. The van der Waals surface area contributed by atoms with Crippen LogP contribution in [0.4, 0.5) is 0 Å². The van der Waals surface area contributed by atoms with Gasteiger partial charge in [-0.05, 0) is 24.5 Å². The molecule has 20 heavy (non-hydrogen) atoms. The lowest BCUT2D eigenvalue weighted by atomic mass is 10.0. The first-order valence-electron chi connectivity index (χ1n) is 6.70. The van der Waals surface area contributed by atoms with Crippen LogP contribution < -0.4 is 5.32 Å². The van der Waals surface area contributed by atoms with Crippen LogP contribution in [0.25, 0.3) is 0 Å². The summed E-state index contributed by atoms with van der Waals surface area (Å²) in [6.07, 6.45) is 5.25. The molecule has 1 unspecified atom stereocenters. The Morgan fingerprint density at radius 1 is 1.30 bits per heavy atom. The lowest BCUT2D eigenvalue weighted by molar-refractivity contribution is 0.0916. The zero-order valence-corrected chi connectivity index (χ0v) is 12.3. The number of aromatic nitrogens is 3. The number of nitrogens with zero attached hydrogens (tertiary/aromatic N) is 3. The van der Waals surface area contributed by atoms with Crippen LogP contribution in [0.3, 0.4) is 0 Å². The van der Waals surface area contributed by atoms with E-state index in [9.17, 15) is 4.79 Å². The molecule has 0 aromatic carbocycles. The molecule has 2 rings (SSSR count). The molecule has 0 spiro atoms. The highest BCUT2D eigenvalue weighted by atomic mass is 16.2. The van der Waals surface area contributed by atoms with Crippen molar-refractivity contribution >= 4 is 5.91 Å². The summed E-state index contributed by atoms with van der Waals surface area (Å²) >= 11 is 0. The van der Waals surface area contributed by atoms with Gasteiger partial charge in [-0.15, -0.1) is 0 Å². The monoisotopic (exact) mass is 272 g/mol. The SMILES string of the molecule is Cc1cccnc1C(=O)NC(c1nccn1C)C(C)C. The predicted octanol–water partition coefficient (Wildman–Crippen LogP) is 2.25. The minimum atomic E-state index is -0.162. The molecular formula is C15H20N4O. The number of hydrogen-bond donors (Lipinski definition) is 1. The number of imidazole rings is 1. The van der Waals surface area contributed by atoms with Crippen LogP contribution >= 0.6 is 0 Å². The van der Waals surface area contributed by atoms with Gasteiger partial charge in [-0.1, -0.05) is 19.9 Å². The minimum Gasteiger partial charge on any atom is -0.340 e. The van der Waals surface area contributed by atoms with Crippen molar-refractivity contribution in [2.45, 2.75) is 26.8 Å². The summed E-state index contributed by atoms with van der Waals surface area (Å²) in [4.78, 5) is 20.9. The molecule has 1 amide bonds. The standard InChI is InChI=1S/C15H20N4O/c1-10(2)12(14-17-8-9-19(14)4)18-15(20)13-11(3)6-5-7-16-13/h5-10,12H,1-4H3,(H,18,20). The minimum absolute atomic E-state index is 0.135. The largest absolute Gasteiger partial charge is 0.340 e. The van der Waals surface area contributed by atoms with Gasteiger partial charge in [0.2, 0.25) is 0 Å². The van der Waals surface area contributed by atoms with Crippen molar-refractivity contribution in [2.75, 3.05) is 0 Å². The van der Waals surface area contributed by atoms with Crippen molar-refractivity contribution in [3.63, 3.8) is 0 Å². The number of hydrogen-bond acceptors (Lipinski definition) is 3. The second-order valence-electron chi connectivity index (χ2n) is 5.26. The fraction of sp³-hybridized carbons (Fsp3) is 0.400. The number of carbonyl (C=O) groups is 1. The summed E-state index contributed by atoms with van der Waals surface area (Å²) < 4.78 is 1.93. The van der Waals surface area contributed by atoms with Gasteiger partial charge in [0.25, 0.3) is 5.91 Å². The Balaban J connectivity index is 2.24. The van der Waals surface area contributed by atoms with E-state index in [2.05, 4.69) is 29.1 Å². The third-order valence-electron chi connectivity index (χ3n) is 3.31. The highest BCUT2D eigenvalue weighted by Gasteiger charge is 2.23. The van der Waals surface area contributed by atoms with E-state index >= 15 is 0 Å². The number of nitrogens with one attached hydrogen (secondary N) is 1. The molecule has 0 aliphatic rings. The molecule has 0 saturated heterocycles. The number of pyridine rings is 1. The molecule has 2 aromatic rings. The number of rotatable bonds is 4. The first kappa shape index (κ1) is 14.2. The normalized spacial score (nSPS) is 12.4. The molecule has 0 fully saturated rings. The Labute approximate surface area is 119 Å². The van der Waals surface area contributed by atoms with E-state index in [1.165, 1.54) is 0 Å². The van der Waals surface area contributed by atoms with Gasteiger partial charge < -0.3 is 9.88 Å². The van der Waals surface area contributed by atoms with Crippen LogP contribution in [0.5, 0.6) is 0 Å². The average Bonchev–Trinajstić information content (AvgIpc) is 2.82. The molecule has 2 heterocycles. The first-order chi connectivity index (χ1) is 9.50. The summed E-state index contributed by atoms with van der Waals surface area (Å²) in [6, 6.07) is 3.57. The fourth-order valence-corrected chi connectivity index (χ4v) is 2.14. The summed E-state index contributed by atoms with van der Waals surface area (Å²) in [5, 5.41) is 3.03. The van der Waals surface area contributed by atoms with Crippen molar-refractivity contribution in [3.05, 3.63) is 47.8 Å². The van der Waals surface area contributed by atoms with Crippen molar-refractivity contribution < 1.29 is 4.79 Å². The van der Waals surface area contributed by atoms with Gasteiger partial charge in [-0.3, -0.25) is 9.78 Å². The topological polar surface area (TPSA) is 59.8 Å². The van der Waals surface area contributed by atoms with Gasteiger partial charge in [0, 0.05) is 25.6 Å². The van der Waals surface area contributed by atoms with E-state index in [-0.39, 0.29) is 17.9 Å². The smallest absolute Gasteiger partial charge is 0.270 e. The molecule has 1 atom stereocenters. The highest BCUT2D eigenvalue weighted by molar-refractivity contribution is 5.93. The van der Waals surface area contributed by atoms with E-state index in [0.717, 1.165) is 11.4 Å². The third-order valence-corrected chi connectivity index (χ3v) is 3.31. The molecule has 0 bridgehead atoms. The van der Waals surface area contributed by atoms with Crippen LogP contribution in [-0.2, 0) is 7.05 Å². The molecule has 5 heteroatoms. The van der Waals surface area contributed by atoms with E-state index in [1.807, 2.05) is 36.9 Å². The van der Waals surface area contributed by atoms with Gasteiger partial charge in [0.15, 0.2) is 0 Å². The van der Waals surface area contributed by atoms with Gasteiger partial charge in [0.1, 0.15) is 11.5 Å². The third kappa shape index (κ3) is 2.87. The second kappa shape index (κ2) is 5.86. The predicted molar refractivity (Wildman–Crippen MR) is 77.2 cm³/mol. The quantitative estimate of drug-likeness (QED) is 0.928. The van der Waals surface area contributed by atoms with E-state index in [4.69, 9.17) is 0 Å². The number of amides is 1. The second-order valence-corrected chi connectivity index (χ2v) is 5.26. The summed E-state index contributed by atoms with van der Waals surface area (Å²) in [5.74, 6) is 0.927. The van der Waals surface area contributed by atoms with Gasteiger partial charge in [-0.25, -0.2) is 4.98 Å². The molecular weight excluding hydrogens is 252 g/mol. The van der Waals surface area contributed by atoms with E-state index in [0.29, 0.717) is 5.69 Å². The van der Waals surface area contributed by atoms with Gasteiger partial charge >= 0.3 is 0 Å². The average molecular weight is 272 g/mol. The van der Waals surface area contributed by atoms with E-state index in [1.54, 1.807) is 12.4 Å². The Morgan fingerprint density at radius 2 is 2.05 bits per heavy atom. The first-order valence-corrected chi connectivity index (χ1v) is 6.70. The lowest BCUT2D eigenvalue weighted by Gasteiger charge is -2.22. The van der Waals surface area contributed by atoms with Crippen LogP contribution in [0, 0.1) is 12.8 Å². The maximum absolute atomic E-state index is 12.4. The fourth-order valence-electron chi connectivity index (χ4n) is 2.14. The van der Waals surface area contributed by atoms with Crippen LogP contribution in [0.2, 0.25) is 0 Å².